The number of methoxy groups -OCH3 is 1. The van der Waals surface area contributed by atoms with Crippen molar-refractivity contribution in [2.24, 2.45) is 5.73 Å². The quantitative estimate of drug-likeness (QED) is 0.900. The fraction of sp³-hybridized carbons (Fsp3) is 0.333. The molecule has 0 spiro atoms. The van der Waals surface area contributed by atoms with Crippen LogP contribution < -0.4 is 10.5 Å². The fourth-order valence-corrected chi connectivity index (χ4v) is 2.48. The van der Waals surface area contributed by atoms with Gasteiger partial charge in [0.05, 0.1) is 12.8 Å². The molecule has 1 aliphatic heterocycles. The highest BCUT2D eigenvalue weighted by molar-refractivity contribution is 5.93. The lowest BCUT2D eigenvalue weighted by atomic mass is 10.1. The Balaban J connectivity index is 0.00000176. The van der Waals surface area contributed by atoms with Crippen molar-refractivity contribution >= 4 is 18.3 Å². The molecule has 7 heteroatoms. The van der Waals surface area contributed by atoms with Gasteiger partial charge in [0, 0.05) is 24.7 Å². The highest BCUT2D eigenvalue weighted by Crippen LogP contribution is 2.22. The third kappa shape index (κ3) is 3.23. The topological polar surface area (TPSA) is 84.2 Å². The van der Waals surface area contributed by atoms with Gasteiger partial charge in [-0.3, -0.25) is 9.89 Å². The number of amides is 1. The predicted octanol–water partition coefficient (Wildman–Crippen LogP) is 1.68. The SMILES string of the molecule is COc1ccc(-c2cc(C(=O)N3CCC(N)C3)[nH]n2)cc1.Cl. The number of likely N-dealkylation sites (tertiary alicyclic amines) is 1. The van der Waals surface area contributed by atoms with Gasteiger partial charge in [-0.05, 0) is 36.8 Å². The molecule has 6 nitrogen and oxygen atoms in total. The summed E-state index contributed by atoms with van der Waals surface area (Å²) in [7, 11) is 1.63. The molecule has 3 rings (SSSR count). The number of aromatic amines is 1. The molecule has 1 aromatic heterocycles. The van der Waals surface area contributed by atoms with E-state index in [1.54, 1.807) is 18.1 Å². The molecule has 0 radical (unpaired) electrons. The largest absolute Gasteiger partial charge is 0.497 e. The van der Waals surface area contributed by atoms with Crippen LogP contribution in [0.5, 0.6) is 5.75 Å². The minimum absolute atomic E-state index is 0. The number of nitrogens with two attached hydrogens (primary N) is 1. The van der Waals surface area contributed by atoms with Gasteiger partial charge in [-0.25, -0.2) is 0 Å². The zero-order chi connectivity index (χ0) is 14.8. The Morgan fingerprint density at radius 3 is 2.73 bits per heavy atom. The smallest absolute Gasteiger partial charge is 0.271 e. The van der Waals surface area contributed by atoms with Gasteiger partial charge in [0.2, 0.25) is 0 Å². The summed E-state index contributed by atoms with van der Waals surface area (Å²) < 4.78 is 5.13. The fourth-order valence-electron chi connectivity index (χ4n) is 2.48. The summed E-state index contributed by atoms with van der Waals surface area (Å²) >= 11 is 0. The van der Waals surface area contributed by atoms with E-state index in [9.17, 15) is 4.79 Å². The van der Waals surface area contributed by atoms with Gasteiger partial charge < -0.3 is 15.4 Å². The average Bonchev–Trinajstić information content (AvgIpc) is 3.16. The molecule has 1 saturated heterocycles. The number of ether oxygens (including phenoxy) is 1. The maximum Gasteiger partial charge on any atom is 0.271 e. The van der Waals surface area contributed by atoms with E-state index in [2.05, 4.69) is 10.2 Å². The van der Waals surface area contributed by atoms with E-state index in [4.69, 9.17) is 10.5 Å². The molecule has 2 aromatic rings. The Morgan fingerprint density at radius 1 is 1.41 bits per heavy atom. The Kier molecular flexibility index (Phi) is 5.05. The Labute approximate surface area is 135 Å². The molecule has 1 fully saturated rings. The lowest BCUT2D eigenvalue weighted by Gasteiger charge is -2.13. The number of rotatable bonds is 3. The molecule has 3 N–H and O–H groups in total. The van der Waals surface area contributed by atoms with E-state index in [0.717, 1.165) is 23.4 Å². The van der Waals surface area contributed by atoms with Crippen LogP contribution in [0.15, 0.2) is 30.3 Å². The van der Waals surface area contributed by atoms with Crippen LogP contribution in [0.2, 0.25) is 0 Å². The summed E-state index contributed by atoms with van der Waals surface area (Å²) in [5.41, 5.74) is 8.00. The number of aromatic nitrogens is 2. The van der Waals surface area contributed by atoms with E-state index in [1.807, 2.05) is 24.3 Å². The lowest BCUT2D eigenvalue weighted by Crippen LogP contribution is -2.32. The van der Waals surface area contributed by atoms with Crippen molar-refractivity contribution in [3.05, 3.63) is 36.0 Å². The summed E-state index contributed by atoms with van der Waals surface area (Å²) in [5, 5.41) is 7.02. The van der Waals surface area contributed by atoms with Crippen LogP contribution in [-0.2, 0) is 0 Å². The molecule has 1 aliphatic rings. The molecule has 1 aromatic carbocycles. The van der Waals surface area contributed by atoms with Gasteiger partial charge in [-0.15, -0.1) is 12.4 Å². The summed E-state index contributed by atoms with van der Waals surface area (Å²) in [6, 6.07) is 9.41. The second-order valence-electron chi connectivity index (χ2n) is 5.20. The third-order valence-corrected chi connectivity index (χ3v) is 3.71. The number of nitrogens with zero attached hydrogens (tertiary/aromatic N) is 2. The van der Waals surface area contributed by atoms with Crippen LogP contribution in [0.3, 0.4) is 0 Å². The minimum atomic E-state index is -0.0461. The number of hydrogen-bond acceptors (Lipinski definition) is 4. The van der Waals surface area contributed by atoms with E-state index in [0.29, 0.717) is 18.8 Å². The molecule has 0 aliphatic carbocycles. The Hall–Kier alpha value is -2.05. The summed E-state index contributed by atoms with van der Waals surface area (Å²) in [4.78, 5) is 14.1. The van der Waals surface area contributed by atoms with Crippen molar-refractivity contribution in [2.45, 2.75) is 12.5 Å². The van der Waals surface area contributed by atoms with E-state index in [1.165, 1.54) is 0 Å². The number of carbonyl (C=O) groups excluding carboxylic acids is 1. The first-order chi connectivity index (χ1) is 10.2. The molecule has 2 heterocycles. The van der Waals surface area contributed by atoms with Gasteiger partial charge >= 0.3 is 0 Å². The number of carbonyl (C=O) groups is 1. The van der Waals surface area contributed by atoms with E-state index in [-0.39, 0.29) is 24.4 Å². The number of halogens is 1. The molecule has 0 saturated carbocycles. The van der Waals surface area contributed by atoms with Gasteiger partial charge in [-0.2, -0.15) is 5.10 Å². The lowest BCUT2D eigenvalue weighted by molar-refractivity contribution is 0.0785. The summed E-state index contributed by atoms with van der Waals surface area (Å²) in [6.07, 6.45) is 0.852. The summed E-state index contributed by atoms with van der Waals surface area (Å²) in [6.45, 7) is 1.31. The minimum Gasteiger partial charge on any atom is -0.497 e. The maximum absolute atomic E-state index is 12.3. The average molecular weight is 323 g/mol. The maximum atomic E-state index is 12.3. The van der Waals surface area contributed by atoms with Gasteiger partial charge in [0.1, 0.15) is 11.4 Å². The number of H-pyrrole nitrogens is 1. The molecule has 118 valence electrons. The second-order valence-corrected chi connectivity index (χ2v) is 5.20. The molecular formula is C15H19ClN4O2. The summed E-state index contributed by atoms with van der Waals surface area (Å²) in [5.74, 6) is 0.742. The first kappa shape index (κ1) is 16.3. The van der Waals surface area contributed by atoms with Crippen molar-refractivity contribution in [1.82, 2.24) is 15.1 Å². The van der Waals surface area contributed by atoms with E-state index >= 15 is 0 Å². The Bertz CT molecular complexity index is 641. The zero-order valence-electron chi connectivity index (χ0n) is 12.3. The second kappa shape index (κ2) is 6.81. The van der Waals surface area contributed by atoms with Crippen molar-refractivity contribution in [3.8, 4) is 17.0 Å². The first-order valence-corrected chi connectivity index (χ1v) is 6.92. The van der Waals surface area contributed by atoms with Crippen LogP contribution >= 0.6 is 12.4 Å². The number of hydrogen-bond donors (Lipinski definition) is 2. The van der Waals surface area contributed by atoms with Crippen molar-refractivity contribution in [1.29, 1.82) is 0 Å². The molecule has 1 amide bonds. The van der Waals surface area contributed by atoms with Crippen LogP contribution in [0.4, 0.5) is 0 Å². The van der Waals surface area contributed by atoms with E-state index < -0.39 is 0 Å². The van der Waals surface area contributed by atoms with Gasteiger partial charge in [0.25, 0.3) is 5.91 Å². The molecule has 1 unspecified atom stereocenters. The molecule has 22 heavy (non-hydrogen) atoms. The van der Waals surface area contributed by atoms with Gasteiger partial charge in [0.15, 0.2) is 0 Å². The first-order valence-electron chi connectivity index (χ1n) is 6.92. The Morgan fingerprint density at radius 2 is 2.14 bits per heavy atom. The van der Waals surface area contributed by atoms with Crippen LogP contribution in [0.1, 0.15) is 16.9 Å². The zero-order valence-corrected chi connectivity index (χ0v) is 13.1. The van der Waals surface area contributed by atoms with Crippen LogP contribution in [-0.4, -0.2) is 47.2 Å². The van der Waals surface area contributed by atoms with Crippen molar-refractivity contribution in [2.75, 3.05) is 20.2 Å². The van der Waals surface area contributed by atoms with Crippen LogP contribution in [0, 0.1) is 0 Å². The number of benzene rings is 1. The van der Waals surface area contributed by atoms with Crippen LogP contribution in [0.25, 0.3) is 11.3 Å². The standard InChI is InChI=1S/C15H18N4O2.ClH/c1-21-12-4-2-10(3-5-12)13-8-14(18-17-13)15(20)19-7-6-11(16)9-19;/h2-5,8,11H,6-7,9,16H2,1H3,(H,17,18);1H. The third-order valence-electron chi connectivity index (χ3n) is 3.71. The van der Waals surface area contributed by atoms with Crippen molar-refractivity contribution in [3.63, 3.8) is 0 Å². The highest BCUT2D eigenvalue weighted by Gasteiger charge is 2.25. The predicted molar refractivity (Wildman–Crippen MR) is 86.3 cm³/mol. The number of nitrogens with one attached hydrogen (secondary N) is 1. The molecular weight excluding hydrogens is 304 g/mol. The molecule has 0 bridgehead atoms. The van der Waals surface area contributed by atoms with Crippen molar-refractivity contribution < 1.29 is 9.53 Å². The normalized spacial score (nSPS) is 17.2. The highest BCUT2D eigenvalue weighted by atomic mass is 35.5. The monoisotopic (exact) mass is 322 g/mol. The van der Waals surface area contributed by atoms with Gasteiger partial charge in [-0.1, -0.05) is 0 Å². The molecule has 1 atom stereocenters.